The maximum atomic E-state index is 3.36. The lowest BCUT2D eigenvalue weighted by molar-refractivity contribution is 0.183. The molecular formula is C9H22N2. The van der Waals surface area contributed by atoms with Crippen molar-refractivity contribution in [2.45, 2.75) is 33.7 Å². The molecule has 0 bridgehead atoms. The van der Waals surface area contributed by atoms with Gasteiger partial charge in [0.2, 0.25) is 0 Å². The van der Waals surface area contributed by atoms with Crippen molar-refractivity contribution in [1.82, 2.24) is 10.2 Å². The van der Waals surface area contributed by atoms with Gasteiger partial charge < -0.3 is 5.32 Å². The van der Waals surface area contributed by atoms with Gasteiger partial charge >= 0.3 is 0 Å². The van der Waals surface area contributed by atoms with Crippen molar-refractivity contribution in [2.75, 3.05) is 26.2 Å². The van der Waals surface area contributed by atoms with E-state index in [0.717, 1.165) is 19.1 Å². The molecule has 1 N–H and O–H groups in total. The minimum Gasteiger partial charge on any atom is -0.314 e. The number of piperazine rings is 1. The highest BCUT2D eigenvalue weighted by molar-refractivity contribution is 4.74. The van der Waals surface area contributed by atoms with Gasteiger partial charge in [0.1, 0.15) is 0 Å². The monoisotopic (exact) mass is 158 g/mol. The van der Waals surface area contributed by atoms with E-state index in [9.17, 15) is 0 Å². The van der Waals surface area contributed by atoms with Crippen LogP contribution < -0.4 is 5.32 Å². The average molecular weight is 158 g/mol. The summed E-state index contributed by atoms with van der Waals surface area (Å²) < 4.78 is 0. The van der Waals surface area contributed by atoms with Crippen LogP contribution in [0.1, 0.15) is 27.7 Å². The number of rotatable bonds is 1. The average Bonchev–Trinajstić information content (AvgIpc) is 2.09. The fourth-order valence-corrected chi connectivity index (χ4v) is 1.35. The molecule has 1 rings (SSSR count). The highest BCUT2D eigenvalue weighted by atomic mass is 15.2. The zero-order valence-electron chi connectivity index (χ0n) is 8.35. The predicted octanol–water partition coefficient (Wildman–Crippen LogP) is 1.33. The molecule has 0 saturated carbocycles. The summed E-state index contributed by atoms with van der Waals surface area (Å²) in [4.78, 5) is 2.50. The molecule has 0 radical (unpaired) electrons. The van der Waals surface area contributed by atoms with Gasteiger partial charge in [-0.05, 0) is 13.5 Å². The van der Waals surface area contributed by atoms with E-state index in [1.807, 2.05) is 13.8 Å². The number of hydrogen-bond donors (Lipinski definition) is 1. The van der Waals surface area contributed by atoms with Gasteiger partial charge in [-0.25, -0.2) is 0 Å². The summed E-state index contributed by atoms with van der Waals surface area (Å²) in [6.07, 6.45) is 0. The van der Waals surface area contributed by atoms with E-state index in [0.29, 0.717) is 0 Å². The summed E-state index contributed by atoms with van der Waals surface area (Å²) in [5, 5.41) is 3.36. The van der Waals surface area contributed by atoms with Crippen molar-refractivity contribution in [2.24, 2.45) is 0 Å². The van der Waals surface area contributed by atoms with Crippen molar-refractivity contribution in [3.05, 3.63) is 0 Å². The van der Waals surface area contributed by atoms with Gasteiger partial charge in [0.25, 0.3) is 0 Å². The van der Waals surface area contributed by atoms with Gasteiger partial charge in [0.15, 0.2) is 0 Å². The normalized spacial score (nSPS) is 25.6. The maximum Gasteiger partial charge on any atom is 0.0192 e. The van der Waals surface area contributed by atoms with Crippen LogP contribution in [-0.4, -0.2) is 37.1 Å². The Morgan fingerprint density at radius 1 is 1.45 bits per heavy atom. The van der Waals surface area contributed by atoms with Gasteiger partial charge in [-0.2, -0.15) is 0 Å². The Bertz CT molecular complexity index is 83.6. The SMILES string of the molecule is CC.CCN1CCNC[C@@H]1C. The first-order valence-electron chi connectivity index (χ1n) is 4.79. The topological polar surface area (TPSA) is 15.3 Å². The maximum absolute atomic E-state index is 3.36. The van der Waals surface area contributed by atoms with Crippen LogP contribution in [0.15, 0.2) is 0 Å². The number of nitrogens with zero attached hydrogens (tertiary/aromatic N) is 1. The van der Waals surface area contributed by atoms with Gasteiger partial charge in [0.05, 0.1) is 0 Å². The third kappa shape index (κ3) is 3.73. The van der Waals surface area contributed by atoms with Crippen molar-refractivity contribution >= 4 is 0 Å². The van der Waals surface area contributed by atoms with Crippen LogP contribution in [-0.2, 0) is 0 Å². The Labute approximate surface area is 71.0 Å². The largest absolute Gasteiger partial charge is 0.314 e. The molecule has 1 saturated heterocycles. The summed E-state index contributed by atoms with van der Waals surface area (Å²) in [5.74, 6) is 0. The van der Waals surface area contributed by atoms with Gasteiger partial charge in [-0.1, -0.05) is 20.8 Å². The zero-order valence-corrected chi connectivity index (χ0v) is 8.35. The lowest BCUT2D eigenvalue weighted by Crippen LogP contribution is -2.49. The van der Waals surface area contributed by atoms with Gasteiger partial charge in [-0.15, -0.1) is 0 Å². The van der Waals surface area contributed by atoms with E-state index in [4.69, 9.17) is 0 Å². The number of hydrogen-bond acceptors (Lipinski definition) is 2. The molecule has 1 heterocycles. The molecule has 0 unspecified atom stereocenters. The molecule has 1 fully saturated rings. The molecule has 1 aliphatic rings. The first kappa shape index (κ1) is 10.9. The van der Waals surface area contributed by atoms with Crippen LogP contribution in [0.5, 0.6) is 0 Å². The molecule has 0 aromatic heterocycles. The van der Waals surface area contributed by atoms with E-state index in [2.05, 4.69) is 24.1 Å². The fraction of sp³-hybridized carbons (Fsp3) is 1.00. The summed E-state index contributed by atoms with van der Waals surface area (Å²) in [6, 6.07) is 0.740. The third-order valence-corrected chi connectivity index (χ3v) is 2.05. The molecule has 1 atom stereocenters. The van der Waals surface area contributed by atoms with Crippen molar-refractivity contribution < 1.29 is 0 Å². The minimum atomic E-state index is 0.740. The first-order chi connectivity index (χ1) is 5.34. The summed E-state index contributed by atoms with van der Waals surface area (Å²) in [6.45, 7) is 13.2. The van der Waals surface area contributed by atoms with Gasteiger partial charge in [0, 0.05) is 25.7 Å². The Hall–Kier alpha value is -0.0800. The van der Waals surface area contributed by atoms with Crippen molar-refractivity contribution in [3.63, 3.8) is 0 Å². The molecule has 68 valence electrons. The van der Waals surface area contributed by atoms with Crippen LogP contribution in [0.25, 0.3) is 0 Å². The molecule has 0 aromatic carbocycles. The molecule has 1 aliphatic heterocycles. The molecule has 0 amide bonds. The molecule has 0 aliphatic carbocycles. The van der Waals surface area contributed by atoms with E-state index < -0.39 is 0 Å². The highest BCUT2D eigenvalue weighted by Gasteiger charge is 2.14. The first-order valence-corrected chi connectivity index (χ1v) is 4.79. The summed E-state index contributed by atoms with van der Waals surface area (Å²) in [5.41, 5.74) is 0. The lowest BCUT2D eigenvalue weighted by Gasteiger charge is -2.32. The van der Waals surface area contributed by atoms with Crippen LogP contribution >= 0.6 is 0 Å². The number of nitrogens with one attached hydrogen (secondary N) is 1. The Kier molecular flexibility index (Phi) is 6.57. The van der Waals surface area contributed by atoms with Crippen molar-refractivity contribution in [1.29, 1.82) is 0 Å². The van der Waals surface area contributed by atoms with Crippen molar-refractivity contribution in [3.8, 4) is 0 Å². The third-order valence-electron chi connectivity index (χ3n) is 2.05. The van der Waals surface area contributed by atoms with Gasteiger partial charge in [-0.3, -0.25) is 4.90 Å². The predicted molar refractivity (Wildman–Crippen MR) is 50.9 cm³/mol. The molecule has 0 spiro atoms. The second-order valence-corrected chi connectivity index (χ2v) is 2.68. The minimum absolute atomic E-state index is 0.740. The second kappa shape index (κ2) is 6.62. The molecule has 2 nitrogen and oxygen atoms in total. The quantitative estimate of drug-likeness (QED) is 0.619. The van der Waals surface area contributed by atoms with Crippen LogP contribution in [0.2, 0.25) is 0 Å². The smallest absolute Gasteiger partial charge is 0.0192 e. The Morgan fingerprint density at radius 3 is 2.45 bits per heavy atom. The molecular weight excluding hydrogens is 136 g/mol. The van der Waals surface area contributed by atoms with Crippen LogP contribution in [0.4, 0.5) is 0 Å². The van der Waals surface area contributed by atoms with Crippen LogP contribution in [0, 0.1) is 0 Å². The fourth-order valence-electron chi connectivity index (χ4n) is 1.35. The summed E-state index contributed by atoms with van der Waals surface area (Å²) >= 11 is 0. The van der Waals surface area contributed by atoms with E-state index in [1.165, 1.54) is 13.1 Å². The Morgan fingerprint density at radius 2 is 2.09 bits per heavy atom. The zero-order chi connectivity index (χ0) is 8.69. The molecule has 0 aromatic rings. The standard InChI is InChI=1S/C7H16N2.C2H6/c1-3-9-5-4-8-6-7(9)2;1-2/h7-8H,3-6H2,1-2H3;1-2H3/t7-;/m0./s1. The van der Waals surface area contributed by atoms with E-state index in [1.54, 1.807) is 0 Å². The second-order valence-electron chi connectivity index (χ2n) is 2.68. The van der Waals surface area contributed by atoms with E-state index >= 15 is 0 Å². The summed E-state index contributed by atoms with van der Waals surface area (Å²) in [7, 11) is 0. The molecule has 11 heavy (non-hydrogen) atoms. The van der Waals surface area contributed by atoms with E-state index in [-0.39, 0.29) is 0 Å². The highest BCUT2D eigenvalue weighted by Crippen LogP contribution is 1.99. The number of likely N-dealkylation sites (N-methyl/N-ethyl adjacent to an activating group) is 1. The Balaban J connectivity index is 0.000000461. The molecule has 2 heteroatoms. The van der Waals surface area contributed by atoms with Crippen LogP contribution in [0.3, 0.4) is 0 Å². The lowest BCUT2D eigenvalue weighted by atomic mass is 10.2.